The predicted octanol–water partition coefficient (Wildman–Crippen LogP) is 3.66. The zero-order valence-electron chi connectivity index (χ0n) is 10.6. The Kier molecular flexibility index (Phi) is 3.42. The topological polar surface area (TPSA) is 59.1 Å². The number of nitrogens with zero attached hydrogens (tertiary/aromatic N) is 1. The summed E-state index contributed by atoms with van der Waals surface area (Å²) in [6, 6.07) is 15.1. The molecule has 3 nitrogen and oxygen atoms in total. The molecule has 1 unspecified atom stereocenters. The van der Waals surface area contributed by atoms with Gasteiger partial charge in [-0.05, 0) is 24.3 Å². The second kappa shape index (κ2) is 5.23. The van der Waals surface area contributed by atoms with Crippen LogP contribution in [0.2, 0.25) is 0 Å². The number of hydrogen-bond acceptors (Lipinski definition) is 3. The van der Waals surface area contributed by atoms with Crippen molar-refractivity contribution < 1.29 is 5.11 Å². The lowest BCUT2D eigenvalue weighted by molar-refractivity contribution is 0.222. The zero-order chi connectivity index (χ0) is 14.1. The van der Waals surface area contributed by atoms with Crippen LogP contribution >= 0.6 is 15.9 Å². The lowest BCUT2D eigenvalue weighted by atomic mass is 9.97. The molecule has 1 aromatic heterocycles. The van der Waals surface area contributed by atoms with Crippen LogP contribution in [0.5, 0.6) is 0 Å². The van der Waals surface area contributed by atoms with Gasteiger partial charge in [0.1, 0.15) is 6.10 Å². The maximum atomic E-state index is 10.7. The molecule has 0 bridgehead atoms. The molecule has 0 spiro atoms. The Balaban J connectivity index is 2.17. The molecule has 0 fully saturated rings. The van der Waals surface area contributed by atoms with Crippen molar-refractivity contribution in [2.24, 2.45) is 0 Å². The third-order valence-corrected chi connectivity index (χ3v) is 3.80. The summed E-state index contributed by atoms with van der Waals surface area (Å²) in [5.74, 6) is 0. The molecule has 1 atom stereocenters. The number of aliphatic hydroxyl groups is 1. The highest BCUT2D eigenvalue weighted by molar-refractivity contribution is 9.10. The third kappa shape index (κ3) is 2.28. The molecule has 0 aliphatic carbocycles. The lowest BCUT2D eigenvalue weighted by Gasteiger charge is -2.16. The minimum absolute atomic E-state index is 0.564. The molecule has 0 saturated carbocycles. The number of fused-ring (bicyclic) bond motifs is 1. The van der Waals surface area contributed by atoms with Crippen LogP contribution in [0.3, 0.4) is 0 Å². The summed E-state index contributed by atoms with van der Waals surface area (Å²) in [6.07, 6.45) is 0.925. The minimum atomic E-state index is -0.800. The summed E-state index contributed by atoms with van der Waals surface area (Å²) in [7, 11) is 0. The van der Waals surface area contributed by atoms with Gasteiger partial charge in [-0.25, -0.2) is 0 Å². The summed E-state index contributed by atoms with van der Waals surface area (Å²) in [5.41, 5.74) is 8.76. The number of nitrogens with two attached hydrogens (primary N) is 1. The van der Waals surface area contributed by atoms with Crippen molar-refractivity contribution in [2.45, 2.75) is 6.10 Å². The molecule has 0 aliphatic heterocycles. The van der Waals surface area contributed by atoms with E-state index in [1.165, 1.54) is 0 Å². The van der Waals surface area contributed by atoms with E-state index < -0.39 is 6.10 Å². The number of nitrogen functional groups attached to an aromatic ring is 1. The second-order valence-electron chi connectivity index (χ2n) is 4.60. The zero-order valence-corrected chi connectivity index (χ0v) is 12.2. The highest BCUT2D eigenvalue weighted by Gasteiger charge is 2.17. The van der Waals surface area contributed by atoms with Crippen LogP contribution in [0.4, 0.5) is 5.69 Å². The van der Waals surface area contributed by atoms with Crippen molar-refractivity contribution in [2.75, 3.05) is 5.73 Å². The Hall–Kier alpha value is -1.91. The van der Waals surface area contributed by atoms with Crippen molar-refractivity contribution in [1.29, 1.82) is 0 Å². The van der Waals surface area contributed by atoms with Gasteiger partial charge in [0.15, 0.2) is 0 Å². The van der Waals surface area contributed by atoms with E-state index in [9.17, 15) is 5.11 Å². The molecule has 3 aromatic rings. The molecular weight excluding hydrogens is 316 g/mol. The Bertz CT molecular complexity index is 768. The average Bonchev–Trinajstić information content (AvgIpc) is 2.48. The molecule has 2 aromatic carbocycles. The van der Waals surface area contributed by atoms with Crippen LogP contribution in [-0.4, -0.2) is 10.1 Å². The number of pyridine rings is 1. The number of para-hydroxylation sites is 1. The van der Waals surface area contributed by atoms with Crippen molar-refractivity contribution in [3.63, 3.8) is 0 Å². The fourth-order valence-electron chi connectivity index (χ4n) is 2.30. The first-order valence-electron chi connectivity index (χ1n) is 6.23. The van der Waals surface area contributed by atoms with Crippen LogP contribution in [0, 0.1) is 0 Å². The largest absolute Gasteiger partial charge is 0.398 e. The molecule has 0 amide bonds. The first-order chi connectivity index (χ1) is 9.66. The van der Waals surface area contributed by atoms with Crippen LogP contribution in [0.15, 0.2) is 59.2 Å². The lowest BCUT2D eigenvalue weighted by Crippen LogP contribution is -2.05. The molecular formula is C16H13BrN2O. The normalized spacial score (nSPS) is 12.5. The van der Waals surface area contributed by atoms with Crippen molar-refractivity contribution >= 4 is 32.5 Å². The molecule has 3 rings (SSSR count). The molecule has 4 heteroatoms. The van der Waals surface area contributed by atoms with Gasteiger partial charge < -0.3 is 10.8 Å². The molecule has 1 heterocycles. The number of aliphatic hydroxyl groups excluding tert-OH is 1. The molecule has 3 N–H and O–H groups in total. The van der Waals surface area contributed by atoms with Crippen molar-refractivity contribution in [3.8, 4) is 0 Å². The van der Waals surface area contributed by atoms with Crippen LogP contribution in [0.1, 0.15) is 17.2 Å². The van der Waals surface area contributed by atoms with Gasteiger partial charge in [-0.1, -0.05) is 40.2 Å². The van der Waals surface area contributed by atoms with Gasteiger partial charge in [-0.2, -0.15) is 0 Å². The highest BCUT2D eigenvalue weighted by Crippen LogP contribution is 2.32. The van der Waals surface area contributed by atoms with Gasteiger partial charge in [0, 0.05) is 32.9 Å². The van der Waals surface area contributed by atoms with Gasteiger partial charge in [0.2, 0.25) is 0 Å². The smallest absolute Gasteiger partial charge is 0.108 e. The quantitative estimate of drug-likeness (QED) is 0.706. The fraction of sp³-hybridized carbons (Fsp3) is 0.0625. The summed E-state index contributed by atoms with van der Waals surface area (Å²) in [4.78, 5) is 4.37. The van der Waals surface area contributed by atoms with Gasteiger partial charge in [-0.15, -0.1) is 0 Å². The van der Waals surface area contributed by atoms with Crippen LogP contribution in [-0.2, 0) is 0 Å². The molecule has 0 radical (unpaired) electrons. The van der Waals surface area contributed by atoms with E-state index in [2.05, 4.69) is 20.9 Å². The number of hydrogen-bond donors (Lipinski definition) is 2. The van der Waals surface area contributed by atoms with Crippen LogP contribution < -0.4 is 5.73 Å². The Morgan fingerprint density at radius 1 is 1.05 bits per heavy atom. The van der Waals surface area contributed by atoms with E-state index in [0.29, 0.717) is 11.3 Å². The number of benzene rings is 2. The second-order valence-corrected chi connectivity index (χ2v) is 5.51. The molecule has 100 valence electrons. The number of aromatic nitrogens is 1. The van der Waals surface area contributed by atoms with Gasteiger partial charge in [0.25, 0.3) is 0 Å². The van der Waals surface area contributed by atoms with E-state index in [1.54, 1.807) is 12.3 Å². The van der Waals surface area contributed by atoms with Crippen molar-refractivity contribution in [1.82, 2.24) is 4.98 Å². The summed E-state index contributed by atoms with van der Waals surface area (Å²) in [5, 5.41) is 11.7. The molecule has 20 heavy (non-hydrogen) atoms. The number of halogens is 1. The van der Waals surface area contributed by atoms with E-state index in [1.807, 2.05) is 42.5 Å². The summed E-state index contributed by atoms with van der Waals surface area (Å²) in [6.45, 7) is 0. The van der Waals surface area contributed by atoms with E-state index >= 15 is 0 Å². The average molecular weight is 329 g/mol. The Labute approximate surface area is 125 Å². The molecule has 0 saturated heterocycles. The van der Waals surface area contributed by atoms with E-state index in [0.717, 1.165) is 20.9 Å². The van der Waals surface area contributed by atoms with Crippen molar-refractivity contribution in [3.05, 3.63) is 70.3 Å². The first kappa shape index (κ1) is 13.1. The fourth-order valence-corrected chi connectivity index (χ4v) is 2.68. The Morgan fingerprint density at radius 3 is 2.70 bits per heavy atom. The van der Waals surface area contributed by atoms with E-state index in [-0.39, 0.29) is 0 Å². The SMILES string of the molecule is Nc1ccc(Br)cc1C(O)c1cccc2cccnc12. The maximum Gasteiger partial charge on any atom is 0.108 e. The van der Waals surface area contributed by atoms with Gasteiger partial charge >= 0.3 is 0 Å². The highest BCUT2D eigenvalue weighted by atomic mass is 79.9. The summed E-state index contributed by atoms with van der Waals surface area (Å²) < 4.78 is 0.883. The van der Waals surface area contributed by atoms with E-state index in [4.69, 9.17) is 5.73 Å². The third-order valence-electron chi connectivity index (χ3n) is 3.30. The summed E-state index contributed by atoms with van der Waals surface area (Å²) >= 11 is 3.40. The monoisotopic (exact) mass is 328 g/mol. The Morgan fingerprint density at radius 2 is 1.85 bits per heavy atom. The standard InChI is InChI=1S/C16H13BrN2O/c17-11-6-7-14(18)13(9-11)16(20)12-5-1-3-10-4-2-8-19-15(10)12/h1-9,16,20H,18H2. The van der Waals surface area contributed by atoms with Crippen LogP contribution in [0.25, 0.3) is 10.9 Å². The van der Waals surface area contributed by atoms with Gasteiger partial charge in [0.05, 0.1) is 5.52 Å². The number of anilines is 1. The minimum Gasteiger partial charge on any atom is -0.398 e. The number of rotatable bonds is 2. The predicted molar refractivity (Wildman–Crippen MR) is 84.4 cm³/mol. The van der Waals surface area contributed by atoms with Gasteiger partial charge in [-0.3, -0.25) is 4.98 Å². The molecule has 0 aliphatic rings. The first-order valence-corrected chi connectivity index (χ1v) is 7.03. The maximum absolute atomic E-state index is 10.7.